The Kier molecular flexibility index (Phi) is 2.58. The number of aliphatic carboxylic acids is 1. The molecule has 0 radical (unpaired) electrons. The number of halogens is 1. The molecule has 0 aromatic heterocycles. The maximum absolute atomic E-state index is 11.7. The zero-order valence-electron chi connectivity index (χ0n) is 5.09. The summed E-state index contributed by atoms with van der Waals surface area (Å²) in [5.74, 6) is -1.51. The quantitative estimate of drug-likeness (QED) is 0.582. The van der Waals surface area contributed by atoms with Crippen LogP contribution in [0.3, 0.4) is 0 Å². The van der Waals surface area contributed by atoms with Gasteiger partial charge in [0.2, 0.25) is 0 Å². The van der Waals surface area contributed by atoms with Crippen molar-refractivity contribution < 1.29 is 19.4 Å². The van der Waals surface area contributed by atoms with Crippen LogP contribution < -0.4 is 0 Å². The molecule has 0 aromatic carbocycles. The third-order valence-electron chi connectivity index (χ3n) is 1.20. The van der Waals surface area contributed by atoms with Crippen LogP contribution in [0, 0.1) is 0 Å². The second kappa shape index (κ2) is 2.77. The third-order valence-corrected chi connectivity index (χ3v) is 1.20. The summed E-state index contributed by atoms with van der Waals surface area (Å²) in [6.07, 6.45) is -0.112. The smallest absolute Gasteiger partial charge is 0.338 e. The Morgan fingerprint density at radius 3 is 2.22 bits per heavy atom. The fraction of sp³-hybridized carbons (Fsp3) is 0.800. The average molecular weight is 136 g/mol. The van der Waals surface area contributed by atoms with Crippen molar-refractivity contribution in [2.75, 3.05) is 6.67 Å². The number of rotatable bonds is 3. The monoisotopic (exact) mass is 136 g/mol. The van der Waals surface area contributed by atoms with Gasteiger partial charge < -0.3 is 10.2 Å². The topological polar surface area (TPSA) is 57.5 Å². The van der Waals surface area contributed by atoms with E-state index in [0.29, 0.717) is 0 Å². The van der Waals surface area contributed by atoms with Crippen LogP contribution in [0.1, 0.15) is 13.3 Å². The Hall–Kier alpha value is -0.640. The molecule has 0 aliphatic rings. The second-order valence-corrected chi connectivity index (χ2v) is 1.82. The van der Waals surface area contributed by atoms with E-state index in [2.05, 4.69) is 0 Å². The van der Waals surface area contributed by atoms with Gasteiger partial charge in [0.25, 0.3) is 0 Å². The van der Waals surface area contributed by atoms with Crippen LogP contribution in [-0.2, 0) is 4.79 Å². The minimum absolute atomic E-state index is 0.112. The van der Waals surface area contributed by atoms with E-state index < -0.39 is 18.2 Å². The van der Waals surface area contributed by atoms with Crippen molar-refractivity contribution in [3.63, 3.8) is 0 Å². The molecule has 0 aliphatic heterocycles. The molecule has 0 amide bonds. The number of hydrogen-bond donors (Lipinski definition) is 2. The van der Waals surface area contributed by atoms with Gasteiger partial charge in [0.15, 0.2) is 5.60 Å². The second-order valence-electron chi connectivity index (χ2n) is 1.82. The molecule has 0 aliphatic carbocycles. The van der Waals surface area contributed by atoms with Crippen LogP contribution in [0.5, 0.6) is 0 Å². The summed E-state index contributed by atoms with van der Waals surface area (Å²) >= 11 is 0. The lowest BCUT2D eigenvalue weighted by Crippen LogP contribution is -2.39. The Morgan fingerprint density at radius 2 is 2.22 bits per heavy atom. The predicted octanol–water partition coefficient (Wildman–Crippen LogP) is 0.182. The lowest BCUT2D eigenvalue weighted by Gasteiger charge is -2.15. The number of carboxylic acid groups (broad SMARTS) is 1. The fourth-order valence-electron chi connectivity index (χ4n) is 0.303. The summed E-state index contributed by atoms with van der Waals surface area (Å²) < 4.78 is 11.7. The molecule has 1 atom stereocenters. The SMILES string of the molecule is CC[C@@](O)(CF)C(=O)O. The molecule has 0 saturated heterocycles. The largest absolute Gasteiger partial charge is 0.479 e. The van der Waals surface area contributed by atoms with Gasteiger partial charge in [-0.2, -0.15) is 0 Å². The molecule has 9 heavy (non-hydrogen) atoms. The Balaban J connectivity index is 4.09. The number of carbonyl (C=O) groups is 1. The lowest BCUT2D eigenvalue weighted by molar-refractivity contribution is -0.160. The van der Waals surface area contributed by atoms with Crippen molar-refractivity contribution >= 4 is 5.97 Å². The van der Waals surface area contributed by atoms with E-state index in [9.17, 15) is 9.18 Å². The van der Waals surface area contributed by atoms with Crippen molar-refractivity contribution in [2.45, 2.75) is 18.9 Å². The van der Waals surface area contributed by atoms with Gasteiger partial charge in [-0.05, 0) is 6.42 Å². The molecule has 4 heteroatoms. The number of aliphatic hydroxyl groups is 1. The maximum atomic E-state index is 11.7. The van der Waals surface area contributed by atoms with Gasteiger partial charge in [0.1, 0.15) is 6.67 Å². The summed E-state index contributed by atoms with van der Waals surface area (Å²) in [6, 6.07) is 0. The van der Waals surface area contributed by atoms with E-state index in [-0.39, 0.29) is 6.42 Å². The first-order valence-corrected chi connectivity index (χ1v) is 2.58. The first kappa shape index (κ1) is 8.36. The third kappa shape index (κ3) is 1.64. The number of hydrogen-bond acceptors (Lipinski definition) is 2. The summed E-state index contributed by atoms with van der Waals surface area (Å²) in [4.78, 5) is 9.99. The molecule has 0 saturated carbocycles. The lowest BCUT2D eigenvalue weighted by atomic mass is 10.0. The molecule has 0 fully saturated rings. The molecule has 0 unspecified atom stereocenters. The molecule has 2 N–H and O–H groups in total. The zero-order chi connectivity index (χ0) is 7.49. The van der Waals surface area contributed by atoms with Gasteiger partial charge in [-0.25, -0.2) is 9.18 Å². The van der Waals surface area contributed by atoms with E-state index >= 15 is 0 Å². The standard InChI is InChI=1S/C5H9FO3/c1-2-5(9,3-6)4(7)8/h9H,2-3H2,1H3,(H,7,8)/t5-/m1/s1. The van der Waals surface area contributed by atoms with Crippen LogP contribution in [-0.4, -0.2) is 28.5 Å². The van der Waals surface area contributed by atoms with Gasteiger partial charge >= 0.3 is 5.97 Å². The zero-order valence-corrected chi connectivity index (χ0v) is 5.09. The van der Waals surface area contributed by atoms with E-state index in [4.69, 9.17) is 10.2 Å². The summed E-state index contributed by atoms with van der Waals surface area (Å²) in [5.41, 5.74) is -2.17. The van der Waals surface area contributed by atoms with Crippen molar-refractivity contribution in [1.82, 2.24) is 0 Å². The van der Waals surface area contributed by atoms with Crippen LogP contribution in [0.2, 0.25) is 0 Å². The van der Waals surface area contributed by atoms with Crippen molar-refractivity contribution in [2.24, 2.45) is 0 Å². The maximum Gasteiger partial charge on any atom is 0.338 e. The highest BCUT2D eigenvalue weighted by Crippen LogP contribution is 2.09. The Labute approximate surface area is 52.1 Å². The number of alkyl halides is 1. The van der Waals surface area contributed by atoms with Gasteiger partial charge in [0.05, 0.1) is 0 Å². The molecule has 54 valence electrons. The summed E-state index contributed by atoms with van der Waals surface area (Å²) in [7, 11) is 0. The highest BCUT2D eigenvalue weighted by atomic mass is 19.1. The van der Waals surface area contributed by atoms with E-state index in [1.54, 1.807) is 0 Å². The minimum atomic E-state index is -2.17. The Bertz CT molecular complexity index is 109. The molecular formula is C5H9FO3. The molecule has 3 nitrogen and oxygen atoms in total. The summed E-state index contributed by atoms with van der Waals surface area (Å²) in [6.45, 7) is 0.173. The van der Waals surface area contributed by atoms with Crippen molar-refractivity contribution in [1.29, 1.82) is 0 Å². The fourth-order valence-corrected chi connectivity index (χ4v) is 0.303. The van der Waals surface area contributed by atoms with Gasteiger partial charge in [-0.1, -0.05) is 6.92 Å². The van der Waals surface area contributed by atoms with Crippen molar-refractivity contribution in [3.05, 3.63) is 0 Å². The first-order valence-electron chi connectivity index (χ1n) is 2.58. The van der Waals surface area contributed by atoms with Crippen LogP contribution in [0.25, 0.3) is 0 Å². The highest BCUT2D eigenvalue weighted by Gasteiger charge is 2.33. The molecule has 0 heterocycles. The van der Waals surface area contributed by atoms with Crippen LogP contribution in [0.15, 0.2) is 0 Å². The minimum Gasteiger partial charge on any atom is -0.479 e. The molecule has 0 aromatic rings. The predicted molar refractivity (Wildman–Crippen MR) is 28.9 cm³/mol. The van der Waals surface area contributed by atoms with Gasteiger partial charge in [0, 0.05) is 0 Å². The van der Waals surface area contributed by atoms with Crippen LogP contribution in [0.4, 0.5) is 4.39 Å². The van der Waals surface area contributed by atoms with E-state index in [1.807, 2.05) is 0 Å². The summed E-state index contributed by atoms with van der Waals surface area (Å²) in [5, 5.41) is 16.9. The molecular weight excluding hydrogens is 127 g/mol. The molecule has 0 spiro atoms. The van der Waals surface area contributed by atoms with Gasteiger partial charge in [-0.3, -0.25) is 0 Å². The highest BCUT2D eigenvalue weighted by molar-refractivity contribution is 5.77. The first-order chi connectivity index (χ1) is 4.06. The van der Waals surface area contributed by atoms with E-state index in [1.165, 1.54) is 6.92 Å². The van der Waals surface area contributed by atoms with E-state index in [0.717, 1.165) is 0 Å². The van der Waals surface area contributed by atoms with Crippen molar-refractivity contribution in [3.8, 4) is 0 Å². The van der Waals surface area contributed by atoms with Crippen LogP contribution >= 0.6 is 0 Å². The number of carboxylic acids is 1. The van der Waals surface area contributed by atoms with Gasteiger partial charge in [-0.15, -0.1) is 0 Å². The Morgan fingerprint density at radius 1 is 1.78 bits per heavy atom. The molecule has 0 rings (SSSR count). The molecule has 0 bridgehead atoms. The average Bonchev–Trinajstić information content (AvgIpc) is 1.86. The normalized spacial score (nSPS) is 16.8.